The Morgan fingerprint density at radius 2 is 2.04 bits per heavy atom. The molecule has 2 aromatic rings. The minimum Gasteiger partial charge on any atom is -0.478 e. The molecule has 1 saturated heterocycles. The van der Waals surface area contributed by atoms with Gasteiger partial charge in [0.15, 0.2) is 0 Å². The number of hydrogen-bond acceptors (Lipinski definition) is 5. The van der Waals surface area contributed by atoms with Crippen LogP contribution in [0.5, 0.6) is 0 Å². The van der Waals surface area contributed by atoms with Crippen LogP contribution in [-0.4, -0.2) is 53.1 Å². The summed E-state index contributed by atoms with van der Waals surface area (Å²) >= 11 is 6.34. The number of carbonyl (C=O) groups excluding carboxylic acids is 1. The maximum atomic E-state index is 12.4. The Morgan fingerprint density at radius 1 is 1.32 bits per heavy atom. The number of carbonyl (C=O) groups is 2. The standard InChI is InChI=1S/C16H17ClN4O4/c1-20-14(11(9-18-20)16(23)24)15(22)19-10-2-3-13(12(17)8-10)21-4-6-25-7-5-21/h2-3,8-9H,4-7H2,1H3,(H,19,22)(H,23,24). The average molecular weight is 365 g/mol. The van der Waals surface area contributed by atoms with Gasteiger partial charge in [0.05, 0.1) is 30.1 Å². The van der Waals surface area contributed by atoms with Crippen LogP contribution in [0.25, 0.3) is 0 Å². The third-order valence-corrected chi connectivity index (χ3v) is 4.24. The number of amides is 1. The van der Waals surface area contributed by atoms with Crippen LogP contribution in [0, 0.1) is 0 Å². The number of nitrogens with one attached hydrogen (secondary N) is 1. The highest BCUT2D eigenvalue weighted by Gasteiger charge is 2.22. The van der Waals surface area contributed by atoms with Gasteiger partial charge in [-0.15, -0.1) is 0 Å². The molecular formula is C16H17ClN4O4. The van der Waals surface area contributed by atoms with E-state index in [1.807, 2.05) is 6.07 Å². The molecule has 9 heteroatoms. The van der Waals surface area contributed by atoms with Gasteiger partial charge in [-0.2, -0.15) is 5.10 Å². The minimum atomic E-state index is -1.21. The minimum absolute atomic E-state index is 0.0270. The summed E-state index contributed by atoms with van der Waals surface area (Å²) in [6.45, 7) is 2.80. The zero-order chi connectivity index (χ0) is 18.0. The fraction of sp³-hybridized carbons (Fsp3) is 0.312. The van der Waals surface area contributed by atoms with E-state index in [1.54, 1.807) is 12.1 Å². The molecule has 2 N–H and O–H groups in total. The van der Waals surface area contributed by atoms with E-state index in [0.717, 1.165) is 25.0 Å². The zero-order valence-electron chi connectivity index (χ0n) is 13.5. The van der Waals surface area contributed by atoms with Crippen LogP contribution < -0.4 is 10.2 Å². The molecule has 0 bridgehead atoms. The molecule has 0 unspecified atom stereocenters. The second kappa shape index (κ2) is 7.12. The summed E-state index contributed by atoms with van der Waals surface area (Å²) in [5, 5.41) is 16.1. The molecule has 0 radical (unpaired) electrons. The molecule has 2 heterocycles. The van der Waals surface area contributed by atoms with Crippen LogP contribution in [-0.2, 0) is 11.8 Å². The summed E-state index contributed by atoms with van der Waals surface area (Å²) in [6, 6.07) is 5.19. The lowest BCUT2D eigenvalue weighted by atomic mass is 10.2. The molecule has 1 aliphatic rings. The average Bonchev–Trinajstić information content (AvgIpc) is 2.98. The number of ether oxygens (including phenoxy) is 1. The molecule has 0 saturated carbocycles. The number of aromatic carboxylic acids is 1. The maximum Gasteiger partial charge on any atom is 0.339 e. The van der Waals surface area contributed by atoms with Crippen LogP contribution in [0.2, 0.25) is 5.02 Å². The van der Waals surface area contributed by atoms with E-state index in [2.05, 4.69) is 15.3 Å². The van der Waals surface area contributed by atoms with Gasteiger partial charge >= 0.3 is 5.97 Å². The number of carboxylic acid groups (broad SMARTS) is 1. The van der Waals surface area contributed by atoms with Gasteiger partial charge in [-0.05, 0) is 18.2 Å². The SMILES string of the molecule is Cn1ncc(C(=O)O)c1C(=O)Nc1ccc(N2CCOCC2)c(Cl)c1. The largest absolute Gasteiger partial charge is 0.478 e. The van der Waals surface area contributed by atoms with Crippen molar-refractivity contribution in [2.45, 2.75) is 0 Å². The number of carboxylic acids is 1. The fourth-order valence-corrected chi connectivity index (χ4v) is 3.00. The number of aryl methyl sites for hydroxylation is 1. The lowest BCUT2D eigenvalue weighted by Gasteiger charge is -2.29. The van der Waals surface area contributed by atoms with Crippen molar-refractivity contribution in [3.05, 3.63) is 40.7 Å². The highest BCUT2D eigenvalue weighted by molar-refractivity contribution is 6.33. The molecular weight excluding hydrogens is 348 g/mol. The van der Waals surface area contributed by atoms with Gasteiger partial charge in [0.25, 0.3) is 5.91 Å². The molecule has 1 aliphatic heterocycles. The van der Waals surface area contributed by atoms with E-state index in [-0.39, 0.29) is 11.3 Å². The number of morpholine rings is 1. The summed E-state index contributed by atoms with van der Waals surface area (Å²) in [5.74, 6) is -1.77. The van der Waals surface area contributed by atoms with Crippen molar-refractivity contribution in [1.29, 1.82) is 0 Å². The number of anilines is 2. The van der Waals surface area contributed by atoms with E-state index in [0.29, 0.717) is 23.9 Å². The van der Waals surface area contributed by atoms with E-state index >= 15 is 0 Å². The van der Waals surface area contributed by atoms with Crippen molar-refractivity contribution >= 4 is 34.9 Å². The summed E-state index contributed by atoms with van der Waals surface area (Å²) in [5.41, 5.74) is 1.16. The second-order valence-corrected chi connectivity index (χ2v) is 5.96. The van der Waals surface area contributed by atoms with Gasteiger partial charge in [0.1, 0.15) is 11.3 Å². The predicted octanol–water partition coefficient (Wildman–Crippen LogP) is 1.86. The first kappa shape index (κ1) is 17.2. The number of rotatable bonds is 4. The van der Waals surface area contributed by atoms with Gasteiger partial charge in [-0.3, -0.25) is 9.48 Å². The molecule has 0 spiro atoms. The van der Waals surface area contributed by atoms with Crippen LogP contribution in [0.4, 0.5) is 11.4 Å². The van der Waals surface area contributed by atoms with Gasteiger partial charge in [0.2, 0.25) is 0 Å². The van der Waals surface area contributed by atoms with Crippen LogP contribution >= 0.6 is 11.6 Å². The molecule has 1 amide bonds. The van der Waals surface area contributed by atoms with E-state index in [1.165, 1.54) is 11.7 Å². The van der Waals surface area contributed by atoms with Crippen molar-refractivity contribution in [3.8, 4) is 0 Å². The van der Waals surface area contributed by atoms with Gasteiger partial charge < -0.3 is 20.1 Å². The van der Waals surface area contributed by atoms with Crippen molar-refractivity contribution < 1.29 is 19.4 Å². The smallest absolute Gasteiger partial charge is 0.339 e. The number of hydrogen-bond donors (Lipinski definition) is 2. The molecule has 1 fully saturated rings. The first-order valence-corrected chi connectivity index (χ1v) is 8.04. The van der Waals surface area contributed by atoms with Crippen molar-refractivity contribution in [2.75, 3.05) is 36.5 Å². The van der Waals surface area contributed by atoms with Crippen LogP contribution in [0.1, 0.15) is 20.8 Å². The first-order chi connectivity index (χ1) is 12.0. The molecule has 0 atom stereocenters. The lowest BCUT2D eigenvalue weighted by Crippen LogP contribution is -2.36. The molecule has 1 aromatic carbocycles. The predicted molar refractivity (Wildman–Crippen MR) is 92.6 cm³/mol. The summed E-state index contributed by atoms with van der Waals surface area (Å²) < 4.78 is 6.55. The molecule has 132 valence electrons. The summed E-state index contributed by atoms with van der Waals surface area (Å²) in [6.07, 6.45) is 1.14. The Labute approximate surface area is 148 Å². The molecule has 1 aromatic heterocycles. The first-order valence-electron chi connectivity index (χ1n) is 7.66. The quantitative estimate of drug-likeness (QED) is 0.859. The highest BCUT2D eigenvalue weighted by Crippen LogP contribution is 2.29. The normalized spacial score (nSPS) is 14.4. The summed E-state index contributed by atoms with van der Waals surface area (Å²) in [4.78, 5) is 25.7. The Balaban J connectivity index is 1.79. The van der Waals surface area contributed by atoms with Crippen LogP contribution in [0.3, 0.4) is 0 Å². The maximum absolute atomic E-state index is 12.4. The van der Waals surface area contributed by atoms with Crippen molar-refractivity contribution in [2.24, 2.45) is 7.05 Å². The Bertz CT molecular complexity index is 814. The van der Waals surface area contributed by atoms with Gasteiger partial charge in [0, 0.05) is 25.8 Å². The molecule has 0 aliphatic carbocycles. The number of aromatic nitrogens is 2. The summed E-state index contributed by atoms with van der Waals surface area (Å²) in [7, 11) is 1.51. The number of halogens is 1. The Kier molecular flexibility index (Phi) is 4.91. The van der Waals surface area contributed by atoms with Crippen LogP contribution in [0.15, 0.2) is 24.4 Å². The van der Waals surface area contributed by atoms with E-state index < -0.39 is 11.9 Å². The lowest BCUT2D eigenvalue weighted by molar-refractivity contribution is 0.0692. The third kappa shape index (κ3) is 3.59. The molecule has 25 heavy (non-hydrogen) atoms. The van der Waals surface area contributed by atoms with Gasteiger partial charge in [-0.25, -0.2) is 4.79 Å². The number of benzene rings is 1. The fourth-order valence-electron chi connectivity index (χ4n) is 2.70. The molecule has 3 rings (SSSR count). The third-order valence-electron chi connectivity index (χ3n) is 3.94. The second-order valence-electron chi connectivity index (χ2n) is 5.56. The van der Waals surface area contributed by atoms with Crippen molar-refractivity contribution in [1.82, 2.24) is 9.78 Å². The zero-order valence-corrected chi connectivity index (χ0v) is 14.3. The van der Waals surface area contributed by atoms with Gasteiger partial charge in [-0.1, -0.05) is 11.6 Å². The van der Waals surface area contributed by atoms with E-state index in [9.17, 15) is 9.59 Å². The Hall–Kier alpha value is -2.58. The van der Waals surface area contributed by atoms with Crippen molar-refractivity contribution in [3.63, 3.8) is 0 Å². The van der Waals surface area contributed by atoms with E-state index in [4.69, 9.17) is 21.4 Å². The highest BCUT2D eigenvalue weighted by atomic mass is 35.5. The monoisotopic (exact) mass is 364 g/mol. The number of nitrogens with zero attached hydrogens (tertiary/aromatic N) is 3. The Morgan fingerprint density at radius 3 is 2.68 bits per heavy atom. The topological polar surface area (TPSA) is 96.7 Å². The molecule has 8 nitrogen and oxygen atoms in total.